The molecule has 0 fully saturated rings. The highest BCUT2D eigenvalue weighted by Crippen LogP contribution is 2.44. The fraction of sp³-hybridized carbons (Fsp3) is 0.211. The largest absolute Gasteiger partial charge is 0.480 e. The number of rotatable bonds is 6. The first-order valence-electron chi connectivity index (χ1n) is 7.83. The molecule has 0 saturated heterocycles. The minimum absolute atomic E-state index is 0.0174. The van der Waals surface area contributed by atoms with Gasteiger partial charge < -0.3 is 20.4 Å². The summed E-state index contributed by atoms with van der Waals surface area (Å²) in [5.74, 6) is -4.04. The van der Waals surface area contributed by atoms with Crippen LogP contribution in [0.5, 0.6) is 0 Å². The standard InChI is InChI=1S/C19H17NO5/c20-17(18(22)23)15(9-21)19(24)25-10-16-13-7-3-1-5-11(13)12-6-2-4-8-14(12)16/h1-9,15-17H,10,20H2,(H,22,23)/t15-,17?/m1/s1. The number of hydrogen-bond acceptors (Lipinski definition) is 5. The van der Waals surface area contributed by atoms with Crippen molar-refractivity contribution in [3.05, 3.63) is 59.7 Å². The van der Waals surface area contributed by atoms with Crippen LogP contribution in [0.15, 0.2) is 48.5 Å². The summed E-state index contributed by atoms with van der Waals surface area (Å²) in [7, 11) is 0. The van der Waals surface area contributed by atoms with Crippen molar-refractivity contribution < 1.29 is 24.2 Å². The van der Waals surface area contributed by atoms with Gasteiger partial charge in [0.25, 0.3) is 0 Å². The summed E-state index contributed by atoms with van der Waals surface area (Å²) in [6.45, 7) is 0.0174. The van der Waals surface area contributed by atoms with Crippen LogP contribution < -0.4 is 5.73 Å². The fourth-order valence-corrected chi connectivity index (χ4v) is 3.14. The van der Waals surface area contributed by atoms with Crippen LogP contribution in [0, 0.1) is 5.92 Å². The number of fused-ring (bicyclic) bond motifs is 3. The van der Waals surface area contributed by atoms with E-state index in [0.717, 1.165) is 22.3 Å². The van der Waals surface area contributed by atoms with E-state index in [0.29, 0.717) is 0 Å². The quantitative estimate of drug-likeness (QED) is 0.470. The van der Waals surface area contributed by atoms with E-state index >= 15 is 0 Å². The zero-order valence-electron chi connectivity index (χ0n) is 13.3. The molecule has 3 N–H and O–H groups in total. The number of hydrogen-bond donors (Lipinski definition) is 2. The number of nitrogens with two attached hydrogens (primary N) is 1. The molecular formula is C19H17NO5. The Labute approximate surface area is 144 Å². The Hall–Kier alpha value is -2.99. The van der Waals surface area contributed by atoms with E-state index in [2.05, 4.69) is 0 Å². The molecule has 3 rings (SSSR count). The molecule has 2 atom stereocenters. The van der Waals surface area contributed by atoms with Crippen molar-refractivity contribution in [2.24, 2.45) is 11.7 Å². The summed E-state index contributed by atoms with van der Waals surface area (Å²) in [4.78, 5) is 34.0. The van der Waals surface area contributed by atoms with E-state index in [9.17, 15) is 14.4 Å². The number of carboxylic acid groups (broad SMARTS) is 1. The van der Waals surface area contributed by atoms with Crippen LogP contribution in [0.1, 0.15) is 17.0 Å². The molecule has 1 unspecified atom stereocenters. The smallest absolute Gasteiger partial charge is 0.321 e. The van der Waals surface area contributed by atoms with Gasteiger partial charge in [-0.2, -0.15) is 0 Å². The average Bonchev–Trinajstić information content (AvgIpc) is 2.94. The van der Waals surface area contributed by atoms with Crippen LogP contribution in [-0.4, -0.2) is 36.0 Å². The first-order valence-corrected chi connectivity index (χ1v) is 7.83. The SMILES string of the molecule is NC(C(=O)O)[C@@H](C=O)C(=O)OCC1c2ccccc2-c2ccccc21. The second kappa shape index (κ2) is 6.86. The number of aldehydes is 1. The third-order valence-electron chi connectivity index (χ3n) is 4.45. The van der Waals surface area contributed by atoms with Gasteiger partial charge in [0.05, 0.1) is 0 Å². The second-order valence-electron chi connectivity index (χ2n) is 5.88. The molecule has 0 heterocycles. The molecule has 0 bridgehead atoms. The Morgan fingerprint density at radius 2 is 1.60 bits per heavy atom. The van der Waals surface area contributed by atoms with Gasteiger partial charge >= 0.3 is 11.9 Å². The van der Waals surface area contributed by atoms with Crippen molar-refractivity contribution in [1.82, 2.24) is 0 Å². The predicted molar refractivity (Wildman–Crippen MR) is 89.8 cm³/mol. The van der Waals surface area contributed by atoms with Crippen molar-refractivity contribution in [2.45, 2.75) is 12.0 Å². The van der Waals surface area contributed by atoms with Gasteiger partial charge in [0.2, 0.25) is 0 Å². The Bertz CT molecular complexity index is 787. The zero-order chi connectivity index (χ0) is 18.0. The fourth-order valence-electron chi connectivity index (χ4n) is 3.14. The third-order valence-corrected chi connectivity index (χ3v) is 4.45. The first kappa shape index (κ1) is 16.9. The minimum atomic E-state index is -1.62. The van der Waals surface area contributed by atoms with Gasteiger partial charge in [0.1, 0.15) is 24.9 Å². The molecule has 0 radical (unpaired) electrons. The Morgan fingerprint density at radius 3 is 2.08 bits per heavy atom. The van der Waals surface area contributed by atoms with Gasteiger partial charge in [-0.3, -0.25) is 9.59 Å². The molecule has 2 aromatic rings. The summed E-state index contributed by atoms with van der Waals surface area (Å²) in [5, 5.41) is 8.88. The monoisotopic (exact) mass is 339 g/mol. The normalized spacial score (nSPS) is 14.9. The lowest BCUT2D eigenvalue weighted by molar-refractivity contribution is -0.155. The molecule has 1 aliphatic carbocycles. The molecule has 25 heavy (non-hydrogen) atoms. The average molecular weight is 339 g/mol. The minimum Gasteiger partial charge on any atom is -0.480 e. The van der Waals surface area contributed by atoms with Crippen molar-refractivity contribution >= 4 is 18.2 Å². The van der Waals surface area contributed by atoms with Crippen LogP contribution in [0.25, 0.3) is 11.1 Å². The van der Waals surface area contributed by atoms with Gasteiger partial charge in [-0.15, -0.1) is 0 Å². The highest BCUT2D eigenvalue weighted by Gasteiger charge is 2.34. The number of benzene rings is 2. The van der Waals surface area contributed by atoms with Crippen LogP contribution >= 0.6 is 0 Å². The predicted octanol–water partition coefficient (Wildman–Crippen LogP) is 1.57. The van der Waals surface area contributed by atoms with Crippen LogP contribution in [-0.2, 0) is 19.1 Å². The van der Waals surface area contributed by atoms with E-state index in [1.54, 1.807) is 0 Å². The molecule has 0 saturated carbocycles. The molecule has 0 aliphatic heterocycles. The van der Waals surface area contributed by atoms with E-state index in [-0.39, 0.29) is 18.8 Å². The van der Waals surface area contributed by atoms with Gasteiger partial charge in [-0.25, -0.2) is 0 Å². The van der Waals surface area contributed by atoms with E-state index in [1.807, 2.05) is 48.5 Å². The Kier molecular flexibility index (Phi) is 4.63. The molecule has 2 aromatic carbocycles. The lowest BCUT2D eigenvalue weighted by Gasteiger charge is -2.17. The summed E-state index contributed by atoms with van der Waals surface area (Å²) >= 11 is 0. The third kappa shape index (κ3) is 3.04. The van der Waals surface area contributed by atoms with Gasteiger partial charge in [0.15, 0.2) is 0 Å². The zero-order valence-corrected chi connectivity index (χ0v) is 13.3. The Morgan fingerprint density at radius 1 is 1.08 bits per heavy atom. The summed E-state index contributed by atoms with van der Waals surface area (Å²) in [5.41, 5.74) is 9.59. The molecule has 0 aromatic heterocycles. The van der Waals surface area contributed by atoms with Crippen molar-refractivity contribution in [2.75, 3.05) is 6.61 Å². The van der Waals surface area contributed by atoms with Gasteiger partial charge in [-0.05, 0) is 22.3 Å². The lowest BCUT2D eigenvalue weighted by atomic mass is 9.98. The van der Waals surface area contributed by atoms with Gasteiger partial charge in [-0.1, -0.05) is 48.5 Å². The molecule has 128 valence electrons. The van der Waals surface area contributed by atoms with E-state index < -0.39 is 23.9 Å². The Balaban J connectivity index is 1.81. The number of carboxylic acids is 1. The molecule has 6 nitrogen and oxygen atoms in total. The van der Waals surface area contributed by atoms with E-state index in [1.165, 1.54) is 0 Å². The number of aliphatic carboxylic acids is 1. The molecule has 6 heteroatoms. The maximum Gasteiger partial charge on any atom is 0.321 e. The molecular weight excluding hydrogens is 322 g/mol. The summed E-state index contributed by atoms with van der Waals surface area (Å²) in [6, 6.07) is 14.0. The highest BCUT2D eigenvalue weighted by atomic mass is 16.5. The number of ether oxygens (including phenoxy) is 1. The van der Waals surface area contributed by atoms with Gasteiger partial charge in [0, 0.05) is 5.92 Å². The first-order chi connectivity index (χ1) is 12.0. The topological polar surface area (TPSA) is 107 Å². The highest BCUT2D eigenvalue weighted by molar-refractivity contribution is 5.94. The maximum absolute atomic E-state index is 12.1. The van der Waals surface area contributed by atoms with Crippen molar-refractivity contribution in [3.63, 3.8) is 0 Å². The number of carbonyl (C=O) groups is 3. The molecule has 0 amide bonds. The van der Waals surface area contributed by atoms with Crippen LogP contribution in [0.4, 0.5) is 0 Å². The maximum atomic E-state index is 12.1. The molecule has 1 aliphatic rings. The number of carbonyl (C=O) groups excluding carboxylic acids is 2. The second-order valence-corrected chi connectivity index (χ2v) is 5.88. The number of esters is 1. The van der Waals surface area contributed by atoms with Crippen molar-refractivity contribution in [3.8, 4) is 11.1 Å². The van der Waals surface area contributed by atoms with Crippen molar-refractivity contribution in [1.29, 1.82) is 0 Å². The van der Waals surface area contributed by atoms with Crippen LogP contribution in [0.3, 0.4) is 0 Å². The summed E-state index contributed by atoms with van der Waals surface area (Å²) in [6.07, 6.45) is 0.220. The molecule has 0 spiro atoms. The van der Waals surface area contributed by atoms with E-state index in [4.69, 9.17) is 15.6 Å². The summed E-state index contributed by atoms with van der Waals surface area (Å²) < 4.78 is 5.25. The lowest BCUT2D eigenvalue weighted by Crippen LogP contribution is -2.43. The van der Waals surface area contributed by atoms with Crippen LogP contribution in [0.2, 0.25) is 0 Å².